The van der Waals surface area contributed by atoms with Crippen molar-refractivity contribution in [2.45, 2.75) is 6.04 Å². The summed E-state index contributed by atoms with van der Waals surface area (Å²) in [7, 11) is 0. The third-order valence-electron chi connectivity index (χ3n) is 4.32. The molecule has 1 amide bonds. The van der Waals surface area contributed by atoms with Crippen LogP contribution in [0.3, 0.4) is 0 Å². The summed E-state index contributed by atoms with van der Waals surface area (Å²) in [4.78, 5) is 14.8. The van der Waals surface area contributed by atoms with E-state index in [0.29, 0.717) is 25.3 Å². The maximum Gasteiger partial charge on any atom is 0.252 e. The first-order valence-electron chi connectivity index (χ1n) is 8.25. The Labute approximate surface area is 160 Å². The van der Waals surface area contributed by atoms with Crippen LogP contribution in [0.25, 0.3) is 0 Å². The van der Waals surface area contributed by atoms with Crippen LogP contribution in [0.1, 0.15) is 22.0 Å². The maximum absolute atomic E-state index is 13.3. The van der Waals surface area contributed by atoms with Gasteiger partial charge in [0.15, 0.2) is 0 Å². The smallest absolute Gasteiger partial charge is 0.252 e. The van der Waals surface area contributed by atoms with Gasteiger partial charge in [-0.1, -0.05) is 24.3 Å². The van der Waals surface area contributed by atoms with Crippen molar-refractivity contribution in [3.8, 4) is 0 Å². The van der Waals surface area contributed by atoms with Gasteiger partial charge in [0.05, 0.1) is 24.8 Å². The molecule has 0 radical (unpaired) electrons. The lowest BCUT2D eigenvalue weighted by Gasteiger charge is -2.35. The number of rotatable bonds is 5. The van der Waals surface area contributed by atoms with E-state index >= 15 is 0 Å². The van der Waals surface area contributed by atoms with Gasteiger partial charge in [-0.3, -0.25) is 9.69 Å². The number of nitrogens with zero attached hydrogens (tertiary/aromatic N) is 1. The largest absolute Gasteiger partial charge is 0.379 e. The Bertz CT molecular complexity index is 718. The fraction of sp³-hybridized carbons (Fsp3) is 0.316. The minimum absolute atomic E-state index is 0.00479. The number of morpholine rings is 1. The molecule has 2 aromatic carbocycles. The molecule has 0 bridgehead atoms. The van der Waals surface area contributed by atoms with E-state index in [1.807, 2.05) is 24.3 Å². The number of hydrogen-bond acceptors (Lipinski definition) is 3. The van der Waals surface area contributed by atoms with Gasteiger partial charge in [-0.25, -0.2) is 4.39 Å². The van der Waals surface area contributed by atoms with E-state index < -0.39 is 0 Å². The monoisotopic (exact) mass is 454 g/mol. The molecular formula is C19H20FIN2O2. The third kappa shape index (κ3) is 4.77. The minimum Gasteiger partial charge on any atom is -0.379 e. The molecule has 0 spiro atoms. The van der Waals surface area contributed by atoms with Crippen LogP contribution in [-0.2, 0) is 4.74 Å². The molecule has 0 aromatic heterocycles. The van der Waals surface area contributed by atoms with Crippen molar-refractivity contribution in [2.24, 2.45) is 0 Å². The maximum atomic E-state index is 13.3. The van der Waals surface area contributed by atoms with Crippen LogP contribution in [0.5, 0.6) is 0 Å². The minimum atomic E-state index is -0.257. The molecule has 1 saturated heterocycles. The van der Waals surface area contributed by atoms with Gasteiger partial charge in [0.25, 0.3) is 5.91 Å². The molecule has 3 rings (SSSR count). The second kappa shape index (κ2) is 8.73. The zero-order valence-corrected chi connectivity index (χ0v) is 15.9. The lowest BCUT2D eigenvalue weighted by Crippen LogP contribution is -2.43. The standard InChI is InChI=1S/C19H20FIN2O2/c20-15-7-5-14(6-8-15)18(23-9-11-25-12-10-23)13-22-19(24)16-3-1-2-4-17(16)21/h1-8,18H,9-13H2,(H,22,24). The van der Waals surface area contributed by atoms with Crippen LogP contribution in [0.2, 0.25) is 0 Å². The van der Waals surface area contributed by atoms with Crippen LogP contribution in [0.15, 0.2) is 48.5 Å². The van der Waals surface area contributed by atoms with Crippen molar-refractivity contribution >= 4 is 28.5 Å². The van der Waals surface area contributed by atoms with Gasteiger partial charge in [-0.05, 0) is 52.4 Å². The molecule has 1 atom stereocenters. The molecule has 132 valence electrons. The Hall–Kier alpha value is -1.51. The number of nitrogens with one attached hydrogen (secondary N) is 1. The van der Waals surface area contributed by atoms with Gasteiger partial charge < -0.3 is 10.1 Å². The summed E-state index contributed by atoms with van der Waals surface area (Å²) in [6.45, 7) is 3.39. The summed E-state index contributed by atoms with van der Waals surface area (Å²) >= 11 is 2.16. The summed E-state index contributed by atoms with van der Waals surface area (Å²) in [6, 6.07) is 14.0. The van der Waals surface area contributed by atoms with E-state index in [0.717, 1.165) is 22.2 Å². The Morgan fingerprint density at radius 2 is 1.84 bits per heavy atom. The van der Waals surface area contributed by atoms with Crippen LogP contribution in [-0.4, -0.2) is 43.7 Å². The number of ether oxygens (including phenoxy) is 1. The van der Waals surface area contributed by atoms with E-state index in [4.69, 9.17) is 4.74 Å². The van der Waals surface area contributed by atoms with Crippen molar-refractivity contribution in [3.63, 3.8) is 0 Å². The highest BCUT2D eigenvalue weighted by atomic mass is 127. The van der Waals surface area contributed by atoms with Gasteiger partial charge in [0, 0.05) is 23.2 Å². The summed E-state index contributed by atoms with van der Waals surface area (Å²) in [6.07, 6.45) is 0. The van der Waals surface area contributed by atoms with Gasteiger partial charge in [0.1, 0.15) is 5.82 Å². The zero-order valence-electron chi connectivity index (χ0n) is 13.8. The fourth-order valence-electron chi connectivity index (χ4n) is 2.96. The Morgan fingerprint density at radius 3 is 2.52 bits per heavy atom. The van der Waals surface area contributed by atoms with Crippen molar-refractivity contribution < 1.29 is 13.9 Å². The Morgan fingerprint density at radius 1 is 1.16 bits per heavy atom. The zero-order chi connectivity index (χ0) is 17.6. The topological polar surface area (TPSA) is 41.6 Å². The Balaban J connectivity index is 1.74. The third-order valence-corrected chi connectivity index (χ3v) is 5.26. The first-order chi connectivity index (χ1) is 12.1. The van der Waals surface area contributed by atoms with Gasteiger partial charge in [-0.2, -0.15) is 0 Å². The van der Waals surface area contributed by atoms with Crippen molar-refractivity contribution in [2.75, 3.05) is 32.8 Å². The summed E-state index contributed by atoms with van der Waals surface area (Å²) < 4.78 is 19.6. The normalized spacial score (nSPS) is 16.4. The lowest BCUT2D eigenvalue weighted by atomic mass is 10.0. The number of benzene rings is 2. The molecule has 0 saturated carbocycles. The number of hydrogen-bond donors (Lipinski definition) is 1. The predicted molar refractivity (Wildman–Crippen MR) is 103 cm³/mol. The summed E-state index contributed by atoms with van der Waals surface area (Å²) in [5.41, 5.74) is 1.66. The van der Waals surface area contributed by atoms with E-state index in [2.05, 4.69) is 32.8 Å². The number of halogens is 2. The molecule has 1 fully saturated rings. The highest BCUT2D eigenvalue weighted by Gasteiger charge is 2.23. The van der Waals surface area contributed by atoms with Crippen LogP contribution < -0.4 is 5.32 Å². The van der Waals surface area contributed by atoms with E-state index in [1.54, 1.807) is 12.1 Å². The van der Waals surface area contributed by atoms with E-state index in [9.17, 15) is 9.18 Å². The second-order valence-corrected chi connectivity index (χ2v) is 7.07. The molecule has 1 aliphatic rings. The van der Waals surface area contributed by atoms with Crippen molar-refractivity contribution in [1.29, 1.82) is 0 Å². The summed E-state index contributed by atoms with van der Waals surface area (Å²) in [5.74, 6) is -0.349. The van der Waals surface area contributed by atoms with Crippen molar-refractivity contribution in [1.82, 2.24) is 10.2 Å². The number of carbonyl (C=O) groups is 1. The fourth-order valence-corrected chi connectivity index (χ4v) is 3.59. The Kier molecular flexibility index (Phi) is 6.39. The van der Waals surface area contributed by atoms with Gasteiger partial charge >= 0.3 is 0 Å². The predicted octanol–water partition coefficient (Wildman–Crippen LogP) is 3.23. The highest BCUT2D eigenvalue weighted by Crippen LogP contribution is 2.22. The molecule has 1 N–H and O–H groups in total. The molecule has 6 heteroatoms. The SMILES string of the molecule is O=C(NCC(c1ccc(F)cc1)N1CCOCC1)c1ccccc1I. The molecule has 1 heterocycles. The molecule has 0 aliphatic carbocycles. The van der Waals surface area contributed by atoms with Crippen LogP contribution in [0, 0.1) is 9.39 Å². The highest BCUT2D eigenvalue weighted by molar-refractivity contribution is 14.1. The van der Waals surface area contributed by atoms with Crippen molar-refractivity contribution in [3.05, 3.63) is 69.0 Å². The van der Waals surface area contributed by atoms with Crippen LogP contribution >= 0.6 is 22.6 Å². The van der Waals surface area contributed by atoms with Gasteiger partial charge in [0.2, 0.25) is 0 Å². The molecule has 1 aliphatic heterocycles. The average molecular weight is 454 g/mol. The molecular weight excluding hydrogens is 434 g/mol. The average Bonchev–Trinajstić information content (AvgIpc) is 2.64. The first-order valence-corrected chi connectivity index (χ1v) is 9.33. The lowest BCUT2D eigenvalue weighted by molar-refractivity contribution is 0.0162. The molecule has 25 heavy (non-hydrogen) atoms. The van der Waals surface area contributed by atoms with E-state index in [-0.39, 0.29) is 17.8 Å². The summed E-state index contributed by atoms with van der Waals surface area (Å²) in [5, 5.41) is 3.03. The molecule has 4 nitrogen and oxygen atoms in total. The second-order valence-electron chi connectivity index (χ2n) is 5.91. The number of carbonyl (C=O) groups excluding carboxylic acids is 1. The van der Waals surface area contributed by atoms with Crippen LogP contribution in [0.4, 0.5) is 4.39 Å². The first kappa shape index (κ1) is 18.3. The molecule has 1 unspecified atom stereocenters. The quantitative estimate of drug-likeness (QED) is 0.706. The molecule has 2 aromatic rings. The number of amides is 1. The van der Waals surface area contributed by atoms with Gasteiger partial charge in [-0.15, -0.1) is 0 Å². The van der Waals surface area contributed by atoms with E-state index in [1.165, 1.54) is 12.1 Å².